The first-order valence-electron chi connectivity index (χ1n) is 7.11. The number of benzene rings is 1. The van der Waals surface area contributed by atoms with Gasteiger partial charge in [-0.25, -0.2) is 0 Å². The zero-order chi connectivity index (χ0) is 14.7. The molecule has 1 aliphatic rings. The summed E-state index contributed by atoms with van der Waals surface area (Å²) >= 11 is 3.51. The highest BCUT2D eigenvalue weighted by atomic mass is 79.9. The van der Waals surface area contributed by atoms with Crippen molar-refractivity contribution in [3.05, 3.63) is 33.8 Å². The molecule has 1 saturated heterocycles. The standard InChI is InChI=1S/C16H22BrNO2/c1-11-10-14(17)4-5-15(11)12(2)18-8-6-13(7-9-18)16(19)20-3/h4-5,10,12-13H,6-9H2,1-3H3. The summed E-state index contributed by atoms with van der Waals surface area (Å²) in [5.41, 5.74) is 2.67. The molecule has 0 aliphatic carbocycles. The fraction of sp³-hybridized carbons (Fsp3) is 0.562. The molecule has 1 fully saturated rings. The van der Waals surface area contributed by atoms with Gasteiger partial charge in [0, 0.05) is 10.5 Å². The number of rotatable bonds is 3. The smallest absolute Gasteiger partial charge is 0.308 e. The molecular weight excluding hydrogens is 318 g/mol. The van der Waals surface area contributed by atoms with Gasteiger partial charge in [-0.3, -0.25) is 9.69 Å². The Kier molecular flexibility index (Phi) is 5.22. The number of methoxy groups -OCH3 is 1. The number of ether oxygens (including phenoxy) is 1. The van der Waals surface area contributed by atoms with Crippen LogP contribution in [0.4, 0.5) is 0 Å². The van der Waals surface area contributed by atoms with Gasteiger partial charge in [-0.15, -0.1) is 0 Å². The minimum Gasteiger partial charge on any atom is -0.469 e. The number of nitrogens with zero attached hydrogens (tertiary/aromatic N) is 1. The molecule has 0 spiro atoms. The number of piperidine rings is 1. The largest absolute Gasteiger partial charge is 0.469 e. The van der Waals surface area contributed by atoms with Crippen LogP contribution in [0.1, 0.15) is 36.9 Å². The number of hydrogen-bond donors (Lipinski definition) is 0. The van der Waals surface area contributed by atoms with Gasteiger partial charge in [0.15, 0.2) is 0 Å². The molecule has 1 heterocycles. The maximum Gasteiger partial charge on any atom is 0.308 e. The Morgan fingerprint density at radius 2 is 2.05 bits per heavy atom. The molecule has 0 saturated carbocycles. The lowest BCUT2D eigenvalue weighted by molar-refractivity contribution is -0.147. The molecule has 0 amide bonds. The molecule has 4 heteroatoms. The van der Waals surface area contributed by atoms with E-state index in [0.29, 0.717) is 6.04 Å². The second-order valence-electron chi connectivity index (χ2n) is 5.51. The Hall–Kier alpha value is -0.870. The number of carbonyl (C=O) groups excluding carboxylic acids is 1. The van der Waals surface area contributed by atoms with Crippen molar-refractivity contribution in [1.29, 1.82) is 0 Å². The Morgan fingerprint density at radius 1 is 1.40 bits per heavy atom. The van der Waals surface area contributed by atoms with Crippen LogP contribution in [0.3, 0.4) is 0 Å². The van der Waals surface area contributed by atoms with E-state index in [1.54, 1.807) is 0 Å². The normalized spacial score (nSPS) is 18.8. The van der Waals surface area contributed by atoms with E-state index in [4.69, 9.17) is 4.74 Å². The molecule has 0 N–H and O–H groups in total. The molecule has 0 bridgehead atoms. The summed E-state index contributed by atoms with van der Waals surface area (Å²) in [6, 6.07) is 6.84. The fourth-order valence-corrected chi connectivity index (χ4v) is 3.47. The number of esters is 1. The van der Waals surface area contributed by atoms with Gasteiger partial charge >= 0.3 is 5.97 Å². The third-order valence-corrected chi connectivity index (χ3v) is 4.79. The second-order valence-corrected chi connectivity index (χ2v) is 6.43. The van der Waals surface area contributed by atoms with Gasteiger partial charge in [-0.05, 0) is 63.0 Å². The lowest BCUT2D eigenvalue weighted by Gasteiger charge is -2.35. The fourth-order valence-electron chi connectivity index (χ4n) is 2.99. The van der Waals surface area contributed by atoms with E-state index in [9.17, 15) is 4.79 Å². The van der Waals surface area contributed by atoms with Crippen LogP contribution in [-0.2, 0) is 9.53 Å². The van der Waals surface area contributed by atoms with E-state index in [0.717, 1.165) is 30.4 Å². The van der Waals surface area contributed by atoms with Gasteiger partial charge in [0.2, 0.25) is 0 Å². The minimum atomic E-state index is -0.0582. The van der Waals surface area contributed by atoms with E-state index >= 15 is 0 Å². The molecule has 0 radical (unpaired) electrons. The molecule has 1 atom stereocenters. The highest BCUT2D eigenvalue weighted by molar-refractivity contribution is 9.10. The van der Waals surface area contributed by atoms with Gasteiger partial charge in [-0.2, -0.15) is 0 Å². The first-order valence-corrected chi connectivity index (χ1v) is 7.90. The van der Waals surface area contributed by atoms with Crippen molar-refractivity contribution in [3.8, 4) is 0 Å². The zero-order valence-electron chi connectivity index (χ0n) is 12.4. The predicted octanol–water partition coefficient (Wildman–Crippen LogP) is 3.70. The van der Waals surface area contributed by atoms with E-state index < -0.39 is 0 Å². The summed E-state index contributed by atoms with van der Waals surface area (Å²) in [6.07, 6.45) is 1.79. The van der Waals surface area contributed by atoms with Crippen molar-refractivity contribution in [2.24, 2.45) is 5.92 Å². The van der Waals surface area contributed by atoms with Crippen molar-refractivity contribution >= 4 is 21.9 Å². The van der Waals surface area contributed by atoms with Crippen molar-refractivity contribution in [1.82, 2.24) is 4.90 Å². The molecule has 1 aromatic rings. The van der Waals surface area contributed by atoms with Gasteiger partial charge in [-0.1, -0.05) is 22.0 Å². The van der Waals surface area contributed by atoms with Crippen LogP contribution in [0.15, 0.2) is 22.7 Å². The molecule has 110 valence electrons. The van der Waals surface area contributed by atoms with E-state index in [2.05, 4.69) is 52.9 Å². The lowest BCUT2D eigenvalue weighted by Crippen LogP contribution is -2.38. The monoisotopic (exact) mass is 339 g/mol. The molecular formula is C16H22BrNO2. The quantitative estimate of drug-likeness (QED) is 0.786. The SMILES string of the molecule is COC(=O)C1CCN(C(C)c2ccc(Br)cc2C)CC1. The zero-order valence-corrected chi connectivity index (χ0v) is 13.9. The van der Waals surface area contributed by atoms with Crippen LogP contribution in [0.5, 0.6) is 0 Å². The van der Waals surface area contributed by atoms with Crippen LogP contribution in [-0.4, -0.2) is 31.1 Å². The Morgan fingerprint density at radius 3 is 2.60 bits per heavy atom. The topological polar surface area (TPSA) is 29.5 Å². The predicted molar refractivity (Wildman–Crippen MR) is 83.6 cm³/mol. The van der Waals surface area contributed by atoms with Crippen LogP contribution in [0, 0.1) is 12.8 Å². The molecule has 2 rings (SSSR count). The molecule has 20 heavy (non-hydrogen) atoms. The number of halogens is 1. The number of carbonyl (C=O) groups is 1. The van der Waals surface area contributed by atoms with Gasteiger partial charge < -0.3 is 4.74 Å². The first kappa shape index (κ1) is 15.5. The maximum absolute atomic E-state index is 11.6. The molecule has 0 aromatic heterocycles. The highest BCUT2D eigenvalue weighted by Crippen LogP contribution is 2.29. The summed E-state index contributed by atoms with van der Waals surface area (Å²) < 4.78 is 5.96. The van der Waals surface area contributed by atoms with Gasteiger partial charge in [0.25, 0.3) is 0 Å². The average Bonchev–Trinajstić information content (AvgIpc) is 2.46. The number of likely N-dealkylation sites (tertiary alicyclic amines) is 1. The van der Waals surface area contributed by atoms with Crippen molar-refractivity contribution in [3.63, 3.8) is 0 Å². The first-order chi connectivity index (χ1) is 9.52. The summed E-state index contributed by atoms with van der Waals surface area (Å²) in [5, 5.41) is 0. The third kappa shape index (κ3) is 3.41. The van der Waals surface area contributed by atoms with E-state index in [1.807, 2.05) is 0 Å². The highest BCUT2D eigenvalue weighted by Gasteiger charge is 2.28. The van der Waals surface area contributed by atoms with E-state index in [1.165, 1.54) is 18.2 Å². The lowest BCUT2D eigenvalue weighted by atomic mass is 9.93. The van der Waals surface area contributed by atoms with Crippen molar-refractivity contribution < 1.29 is 9.53 Å². The maximum atomic E-state index is 11.6. The molecule has 1 aromatic carbocycles. The van der Waals surface area contributed by atoms with Crippen LogP contribution in [0.25, 0.3) is 0 Å². The molecule has 1 unspecified atom stereocenters. The van der Waals surface area contributed by atoms with Crippen LogP contribution in [0.2, 0.25) is 0 Å². The molecule has 1 aliphatic heterocycles. The Balaban J connectivity index is 2.01. The summed E-state index contributed by atoms with van der Waals surface area (Å²) in [5.74, 6) is 0.0200. The molecule has 3 nitrogen and oxygen atoms in total. The van der Waals surface area contributed by atoms with Crippen LogP contribution >= 0.6 is 15.9 Å². The minimum absolute atomic E-state index is 0.0582. The van der Waals surface area contributed by atoms with Crippen molar-refractivity contribution in [2.75, 3.05) is 20.2 Å². The summed E-state index contributed by atoms with van der Waals surface area (Å²) in [7, 11) is 1.47. The van der Waals surface area contributed by atoms with Crippen LogP contribution < -0.4 is 0 Å². The number of hydrogen-bond acceptors (Lipinski definition) is 3. The van der Waals surface area contributed by atoms with Gasteiger partial charge in [0.1, 0.15) is 0 Å². The van der Waals surface area contributed by atoms with Crippen molar-refractivity contribution in [2.45, 2.75) is 32.7 Å². The summed E-state index contributed by atoms with van der Waals surface area (Å²) in [4.78, 5) is 14.0. The average molecular weight is 340 g/mol. The Bertz CT molecular complexity index is 481. The number of aryl methyl sites for hydroxylation is 1. The third-order valence-electron chi connectivity index (χ3n) is 4.29. The van der Waals surface area contributed by atoms with E-state index in [-0.39, 0.29) is 11.9 Å². The van der Waals surface area contributed by atoms with Gasteiger partial charge in [0.05, 0.1) is 13.0 Å². The second kappa shape index (κ2) is 6.72. The Labute approximate surface area is 129 Å². The summed E-state index contributed by atoms with van der Waals surface area (Å²) in [6.45, 7) is 6.30.